The second-order valence-corrected chi connectivity index (χ2v) is 8.03. The van der Waals surface area contributed by atoms with Crippen LogP contribution in [0.1, 0.15) is 59.4 Å². The first-order chi connectivity index (χ1) is 15.5. The number of carbonyl (C=O) groups is 1. The summed E-state index contributed by atoms with van der Waals surface area (Å²) in [4.78, 5) is 16.4. The zero-order chi connectivity index (χ0) is 22.5. The van der Waals surface area contributed by atoms with Gasteiger partial charge in [-0.2, -0.15) is 5.10 Å². The maximum absolute atomic E-state index is 11.5. The number of carboxylic acids is 1. The lowest BCUT2D eigenvalue weighted by molar-refractivity contribution is 0.0697. The quantitative estimate of drug-likeness (QED) is 0.388. The fourth-order valence-electron chi connectivity index (χ4n) is 3.81. The Morgan fingerprint density at radius 3 is 2.25 bits per heavy atom. The molecule has 0 saturated carbocycles. The highest BCUT2D eigenvalue weighted by molar-refractivity contribution is 5.95. The summed E-state index contributed by atoms with van der Waals surface area (Å²) in [6, 6.07) is 25.7. The van der Waals surface area contributed by atoms with E-state index in [1.807, 2.05) is 59.3 Å². The van der Waals surface area contributed by atoms with E-state index in [0.717, 1.165) is 34.8 Å². The van der Waals surface area contributed by atoms with E-state index in [9.17, 15) is 9.90 Å². The maximum atomic E-state index is 11.5. The van der Waals surface area contributed by atoms with E-state index < -0.39 is 5.97 Å². The third-order valence-electron chi connectivity index (χ3n) is 5.74. The van der Waals surface area contributed by atoms with Crippen LogP contribution in [0.4, 0.5) is 0 Å². The fraction of sp³-hybridized carbons (Fsp3) is 0.222. The van der Waals surface area contributed by atoms with Gasteiger partial charge in [-0.05, 0) is 41.7 Å². The molecule has 5 nitrogen and oxygen atoms in total. The van der Waals surface area contributed by atoms with Crippen molar-refractivity contribution in [2.45, 2.75) is 39.2 Å². The van der Waals surface area contributed by atoms with Crippen molar-refractivity contribution in [3.05, 3.63) is 107 Å². The molecule has 0 aliphatic carbocycles. The van der Waals surface area contributed by atoms with Gasteiger partial charge in [0.25, 0.3) is 0 Å². The summed E-state index contributed by atoms with van der Waals surface area (Å²) in [5, 5.41) is 14.3. The first kappa shape index (κ1) is 21.5. The van der Waals surface area contributed by atoms with E-state index >= 15 is 0 Å². The van der Waals surface area contributed by atoms with Gasteiger partial charge < -0.3 is 5.11 Å². The first-order valence-corrected chi connectivity index (χ1v) is 10.9. The lowest BCUT2D eigenvalue weighted by atomic mass is 9.98. The second-order valence-electron chi connectivity index (χ2n) is 8.03. The Hall–Kier alpha value is -3.73. The normalized spacial score (nSPS) is 11.9. The molecule has 0 spiro atoms. The highest BCUT2D eigenvalue weighted by Crippen LogP contribution is 2.25. The minimum absolute atomic E-state index is 0.267. The predicted molar refractivity (Wildman–Crippen MR) is 126 cm³/mol. The van der Waals surface area contributed by atoms with E-state index in [1.54, 1.807) is 12.1 Å². The molecule has 5 heteroatoms. The van der Waals surface area contributed by atoms with Crippen molar-refractivity contribution >= 4 is 5.97 Å². The van der Waals surface area contributed by atoms with Crippen molar-refractivity contribution in [2.24, 2.45) is 0 Å². The molecular weight excluding hydrogens is 398 g/mol. The minimum atomic E-state index is -0.919. The van der Waals surface area contributed by atoms with Gasteiger partial charge in [0.1, 0.15) is 5.82 Å². The molecule has 0 aliphatic heterocycles. The second kappa shape index (κ2) is 9.60. The Balaban J connectivity index is 1.59. The average molecular weight is 426 g/mol. The SMILES string of the molecule is CCC(C)n1nc(Cc2ccccc2)nc1Cc1ccc(-c2ccccc2C(=O)O)cc1. The zero-order valence-electron chi connectivity index (χ0n) is 18.4. The third kappa shape index (κ3) is 4.78. The van der Waals surface area contributed by atoms with Crippen molar-refractivity contribution in [2.75, 3.05) is 0 Å². The zero-order valence-corrected chi connectivity index (χ0v) is 18.4. The highest BCUT2D eigenvalue weighted by Gasteiger charge is 2.16. The monoisotopic (exact) mass is 425 g/mol. The summed E-state index contributed by atoms with van der Waals surface area (Å²) in [6.45, 7) is 4.32. The van der Waals surface area contributed by atoms with Crippen molar-refractivity contribution in [1.82, 2.24) is 14.8 Å². The molecular formula is C27H27N3O2. The molecule has 4 aromatic rings. The van der Waals surface area contributed by atoms with Gasteiger partial charge in [-0.3, -0.25) is 0 Å². The lowest BCUT2D eigenvalue weighted by Crippen LogP contribution is -2.11. The molecule has 1 heterocycles. The lowest BCUT2D eigenvalue weighted by Gasteiger charge is -2.12. The summed E-state index contributed by atoms with van der Waals surface area (Å²) in [7, 11) is 0. The Morgan fingerprint density at radius 2 is 1.56 bits per heavy atom. The van der Waals surface area contributed by atoms with E-state index in [4.69, 9.17) is 10.1 Å². The van der Waals surface area contributed by atoms with Gasteiger partial charge in [0.15, 0.2) is 5.82 Å². The van der Waals surface area contributed by atoms with Crippen molar-refractivity contribution in [3.8, 4) is 11.1 Å². The number of nitrogens with zero attached hydrogens (tertiary/aromatic N) is 3. The fourth-order valence-corrected chi connectivity index (χ4v) is 3.81. The van der Waals surface area contributed by atoms with Crippen LogP contribution >= 0.6 is 0 Å². The standard InChI is InChI=1S/C27H27N3O2/c1-3-19(2)30-26(28-25(29-30)17-20-9-5-4-6-10-20)18-21-13-15-22(16-14-21)23-11-7-8-12-24(23)27(31)32/h4-16,19H,3,17-18H2,1-2H3,(H,31,32). The molecule has 1 unspecified atom stereocenters. The summed E-state index contributed by atoms with van der Waals surface area (Å²) in [6.07, 6.45) is 2.36. The topological polar surface area (TPSA) is 68.0 Å². The summed E-state index contributed by atoms with van der Waals surface area (Å²) in [5.74, 6) is 0.861. The van der Waals surface area contributed by atoms with Crippen LogP contribution in [0.25, 0.3) is 11.1 Å². The first-order valence-electron chi connectivity index (χ1n) is 10.9. The van der Waals surface area contributed by atoms with Gasteiger partial charge in [-0.15, -0.1) is 0 Å². The Kier molecular flexibility index (Phi) is 6.45. The Bertz CT molecular complexity index is 1200. The molecule has 162 valence electrons. The smallest absolute Gasteiger partial charge is 0.336 e. The van der Waals surface area contributed by atoms with Crippen LogP contribution in [-0.4, -0.2) is 25.8 Å². The molecule has 0 amide bonds. The molecule has 3 aromatic carbocycles. The summed E-state index contributed by atoms with van der Waals surface area (Å²) >= 11 is 0. The van der Waals surface area contributed by atoms with Crippen LogP contribution in [0.5, 0.6) is 0 Å². The van der Waals surface area contributed by atoms with Gasteiger partial charge in [-0.25, -0.2) is 14.5 Å². The number of carboxylic acid groups (broad SMARTS) is 1. The Labute approximate surface area is 188 Å². The molecule has 0 saturated heterocycles. The number of hydrogen-bond acceptors (Lipinski definition) is 3. The molecule has 0 radical (unpaired) electrons. The van der Waals surface area contributed by atoms with Crippen LogP contribution in [-0.2, 0) is 12.8 Å². The number of hydrogen-bond donors (Lipinski definition) is 1. The minimum Gasteiger partial charge on any atom is -0.478 e. The van der Waals surface area contributed by atoms with E-state index in [-0.39, 0.29) is 6.04 Å². The number of benzene rings is 3. The molecule has 0 bridgehead atoms. The summed E-state index contributed by atoms with van der Waals surface area (Å²) < 4.78 is 2.05. The maximum Gasteiger partial charge on any atom is 0.336 e. The van der Waals surface area contributed by atoms with E-state index in [2.05, 4.69) is 26.0 Å². The van der Waals surface area contributed by atoms with Crippen LogP contribution in [0.15, 0.2) is 78.9 Å². The Morgan fingerprint density at radius 1 is 0.906 bits per heavy atom. The number of rotatable bonds is 8. The number of aromatic nitrogens is 3. The van der Waals surface area contributed by atoms with Gasteiger partial charge in [0.05, 0.1) is 11.6 Å². The van der Waals surface area contributed by atoms with Crippen LogP contribution in [0, 0.1) is 0 Å². The van der Waals surface area contributed by atoms with E-state index in [0.29, 0.717) is 18.4 Å². The van der Waals surface area contributed by atoms with Crippen LogP contribution in [0.2, 0.25) is 0 Å². The molecule has 1 aromatic heterocycles. The highest BCUT2D eigenvalue weighted by atomic mass is 16.4. The molecule has 1 atom stereocenters. The average Bonchev–Trinajstić information content (AvgIpc) is 3.21. The van der Waals surface area contributed by atoms with Crippen LogP contribution < -0.4 is 0 Å². The predicted octanol–water partition coefficient (Wildman–Crippen LogP) is 5.80. The van der Waals surface area contributed by atoms with Crippen LogP contribution in [0.3, 0.4) is 0 Å². The van der Waals surface area contributed by atoms with Gasteiger partial charge in [-0.1, -0.05) is 79.7 Å². The van der Waals surface area contributed by atoms with Crippen molar-refractivity contribution < 1.29 is 9.90 Å². The third-order valence-corrected chi connectivity index (χ3v) is 5.74. The van der Waals surface area contributed by atoms with E-state index in [1.165, 1.54) is 5.56 Å². The van der Waals surface area contributed by atoms with Gasteiger partial charge in [0, 0.05) is 12.8 Å². The molecule has 1 N–H and O–H groups in total. The largest absolute Gasteiger partial charge is 0.478 e. The van der Waals surface area contributed by atoms with Gasteiger partial charge >= 0.3 is 5.97 Å². The number of aromatic carboxylic acids is 1. The van der Waals surface area contributed by atoms with Gasteiger partial charge in [0.2, 0.25) is 0 Å². The van der Waals surface area contributed by atoms with Crippen molar-refractivity contribution in [3.63, 3.8) is 0 Å². The molecule has 0 fully saturated rings. The molecule has 32 heavy (non-hydrogen) atoms. The van der Waals surface area contributed by atoms with Crippen molar-refractivity contribution in [1.29, 1.82) is 0 Å². The molecule has 0 aliphatic rings. The molecule has 4 rings (SSSR count). The summed E-state index contributed by atoms with van der Waals surface area (Å²) in [5.41, 5.74) is 4.23.